The summed E-state index contributed by atoms with van der Waals surface area (Å²) in [5, 5.41) is 3.82. The van der Waals surface area contributed by atoms with Gasteiger partial charge in [-0.15, -0.1) is 11.6 Å². The third-order valence-corrected chi connectivity index (χ3v) is 3.50. The fourth-order valence-corrected chi connectivity index (χ4v) is 2.35. The molecule has 0 aromatic rings. The van der Waals surface area contributed by atoms with Gasteiger partial charge in [0.2, 0.25) is 0 Å². The quantitative estimate of drug-likeness (QED) is 0.539. The predicted molar refractivity (Wildman–Crippen MR) is 65.6 cm³/mol. The van der Waals surface area contributed by atoms with Crippen LogP contribution in [0.5, 0.6) is 0 Å². The first-order valence-electron chi connectivity index (χ1n) is 6.29. The minimum atomic E-state index is 0.328. The lowest BCUT2D eigenvalue weighted by Gasteiger charge is -2.27. The summed E-state index contributed by atoms with van der Waals surface area (Å²) < 4.78 is 5.49. The van der Waals surface area contributed by atoms with Gasteiger partial charge in [0.05, 0.1) is 6.61 Å². The normalized spacial score (nSPS) is 26.8. The number of unbranched alkanes of at least 4 members (excludes halogenated alkanes) is 1. The summed E-state index contributed by atoms with van der Waals surface area (Å²) in [7, 11) is 0. The summed E-state index contributed by atoms with van der Waals surface area (Å²) in [6.07, 6.45) is 7.37. The van der Waals surface area contributed by atoms with Gasteiger partial charge in [-0.3, -0.25) is 0 Å². The molecule has 1 aliphatic rings. The molecule has 0 aromatic heterocycles. The van der Waals surface area contributed by atoms with E-state index < -0.39 is 0 Å². The molecule has 1 fully saturated rings. The number of nitrogens with one attached hydrogen (secondary N) is 1. The van der Waals surface area contributed by atoms with Crippen LogP contribution in [-0.2, 0) is 4.74 Å². The van der Waals surface area contributed by atoms with Gasteiger partial charge in [0.15, 0.2) is 0 Å². The van der Waals surface area contributed by atoms with Crippen molar-refractivity contribution in [3.8, 4) is 0 Å². The van der Waals surface area contributed by atoms with Crippen LogP contribution < -0.4 is 5.32 Å². The third-order valence-electron chi connectivity index (χ3n) is 2.98. The lowest BCUT2D eigenvalue weighted by molar-refractivity contribution is 0.129. The average molecular weight is 234 g/mol. The monoisotopic (exact) mass is 233 g/mol. The Bertz CT molecular complexity index is 155. The first-order chi connectivity index (χ1) is 7.34. The Morgan fingerprint density at radius 1 is 1.27 bits per heavy atom. The average Bonchev–Trinajstić information content (AvgIpc) is 2.25. The number of ether oxygens (including phenoxy) is 1. The van der Waals surface area contributed by atoms with Crippen LogP contribution in [0.4, 0.5) is 0 Å². The number of rotatable bonds is 7. The van der Waals surface area contributed by atoms with Crippen LogP contribution in [0.3, 0.4) is 0 Å². The molecule has 1 N–H and O–H groups in total. The SMILES string of the molecule is CCCCOCCNC1CCCCC1Cl. The first-order valence-corrected chi connectivity index (χ1v) is 6.73. The Morgan fingerprint density at radius 3 is 2.80 bits per heavy atom. The zero-order chi connectivity index (χ0) is 10.9. The summed E-state index contributed by atoms with van der Waals surface area (Å²) in [5.74, 6) is 0. The number of alkyl halides is 1. The largest absolute Gasteiger partial charge is 0.380 e. The van der Waals surface area contributed by atoms with Crippen molar-refractivity contribution in [1.29, 1.82) is 0 Å². The Labute approximate surface area is 98.7 Å². The fraction of sp³-hybridized carbons (Fsp3) is 1.00. The van der Waals surface area contributed by atoms with Gasteiger partial charge < -0.3 is 10.1 Å². The van der Waals surface area contributed by atoms with Gasteiger partial charge in [-0.1, -0.05) is 26.2 Å². The van der Waals surface area contributed by atoms with Gasteiger partial charge in [-0.25, -0.2) is 0 Å². The van der Waals surface area contributed by atoms with Crippen LogP contribution in [0.15, 0.2) is 0 Å². The lowest BCUT2D eigenvalue weighted by Crippen LogP contribution is -2.40. The second kappa shape index (κ2) is 8.37. The topological polar surface area (TPSA) is 21.3 Å². The Morgan fingerprint density at radius 2 is 2.07 bits per heavy atom. The maximum atomic E-state index is 6.24. The summed E-state index contributed by atoms with van der Waals surface area (Å²) in [6, 6.07) is 0.509. The van der Waals surface area contributed by atoms with E-state index in [1.807, 2.05) is 0 Å². The highest BCUT2D eigenvalue weighted by atomic mass is 35.5. The van der Waals surface area contributed by atoms with Crippen LogP contribution in [0.1, 0.15) is 45.4 Å². The second-order valence-electron chi connectivity index (χ2n) is 4.33. The maximum absolute atomic E-state index is 6.24. The molecule has 90 valence electrons. The van der Waals surface area contributed by atoms with Crippen molar-refractivity contribution in [2.24, 2.45) is 0 Å². The zero-order valence-corrected chi connectivity index (χ0v) is 10.6. The molecule has 0 spiro atoms. The van der Waals surface area contributed by atoms with Crippen molar-refractivity contribution in [2.45, 2.75) is 56.9 Å². The van der Waals surface area contributed by atoms with E-state index in [1.165, 1.54) is 32.1 Å². The molecule has 2 atom stereocenters. The lowest BCUT2D eigenvalue weighted by atomic mass is 9.95. The predicted octanol–water partition coefficient (Wildman–Crippen LogP) is 2.94. The number of hydrogen-bond donors (Lipinski definition) is 1. The fourth-order valence-electron chi connectivity index (χ4n) is 1.98. The molecule has 0 amide bonds. The summed E-state index contributed by atoms with van der Waals surface area (Å²) in [5.41, 5.74) is 0. The molecule has 0 bridgehead atoms. The first kappa shape index (κ1) is 13.3. The molecule has 0 aliphatic heterocycles. The molecule has 2 unspecified atom stereocenters. The van der Waals surface area contributed by atoms with E-state index in [-0.39, 0.29) is 0 Å². The highest BCUT2D eigenvalue weighted by Crippen LogP contribution is 2.22. The van der Waals surface area contributed by atoms with Gasteiger partial charge in [0.1, 0.15) is 0 Å². The van der Waals surface area contributed by atoms with E-state index in [0.717, 1.165) is 26.2 Å². The second-order valence-corrected chi connectivity index (χ2v) is 4.89. The highest BCUT2D eigenvalue weighted by molar-refractivity contribution is 6.21. The van der Waals surface area contributed by atoms with Crippen LogP contribution >= 0.6 is 11.6 Å². The molecule has 15 heavy (non-hydrogen) atoms. The standard InChI is InChI=1S/C12H24ClNO/c1-2-3-9-15-10-8-14-12-7-5-4-6-11(12)13/h11-12,14H,2-10H2,1H3. The van der Waals surface area contributed by atoms with Gasteiger partial charge in [-0.05, 0) is 19.3 Å². The van der Waals surface area contributed by atoms with Crippen molar-refractivity contribution < 1.29 is 4.74 Å². The molecule has 0 aromatic carbocycles. The Hall–Kier alpha value is 0.210. The van der Waals surface area contributed by atoms with Gasteiger partial charge in [-0.2, -0.15) is 0 Å². The van der Waals surface area contributed by atoms with Gasteiger partial charge >= 0.3 is 0 Å². The summed E-state index contributed by atoms with van der Waals surface area (Å²) in [6.45, 7) is 4.84. The third kappa shape index (κ3) is 5.74. The Balaban J connectivity index is 1.94. The smallest absolute Gasteiger partial charge is 0.0591 e. The van der Waals surface area contributed by atoms with E-state index in [2.05, 4.69) is 12.2 Å². The van der Waals surface area contributed by atoms with Crippen molar-refractivity contribution in [1.82, 2.24) is 5.32 Å². The van der Waals surface area contributed by atoms with Crippen molar-refractivity contribution in [3.63, 3.8) is 0 Å². The Kier molecular flexibility index (Phi) is 7.41. The van der Waals surface area contributed by atoms with Crippen LogP contribution in [-0.4, -0.2) is 31.2 Å². The van der Waals surface area contributed by atoms with Crippen LogP contribution in [0, 0.1) is 0 Å². The van der Waals surface area contributed by atoms with E-state index in [1.54, 1.807) is 0 Å². The highest BCUT2D eigenvalue weighted by Gasteiger charge is 2.21. The van der Waals surface area contributed by atoms with E-state index in [0.29, 0.717) is 11.4 Å². The summed E-state index contributed by atoms with van der Waals surface area (Å²) >= 11 is 6.24. The van der Waals surface area contributed by atoms with E-state index in [9.17, 15) is 0 Å². The molecule has 3 heteroatoms. The van der Waals surface area contributed by atoms with Crippen molar-refractivity contribution in [3.05, 3.63) is 0 Å². The summed E-state index contributed by atoms with van der Waals surface area (Å²) in [4.78, 5) is 0. The van der Waals surface area contributed by atoms with E-state index >= 15 is 0 Å². The zero-order valence-electron chi connectivity index (χ0n) is 9.80. The van der Waals surface area contributed by atoms with Crippen molar-refractivity contribution in [2.75, 3.05) is 19.8 Å². The van der Waals surface area contributed by atoms with Gasteiger partial charge in [0.25, 0.3) is 0 Å². The molecule has 0 radical (unpaired) electrons. The minimum absolute atomic E-state index is 0.328. The molecular formula is C12H24ClNO. The molecule has 2 nitrogen and oxygen atoms in total. The minimum Gasteiger partial charge on any atom is -0.380 e. The van der Waals surface area contributed by atoms with E-state index in [4.69, 9.17) is 16.3 Å². The molecule has 0 saturated heterocycles. The molecular weight excluding hydrogens is 210 g/mol. The molecule has 1 saturated carbocycles. The number of hydrogen-bond acceptors (Lipinski definition) is 2. The maximum Gasteiger partial charge on any atom is 0.0591 e. The molecule has 0 heterocycles. The van der Waals surface area contributed by atoms with Gasteiger partial charge in [0, 0.05) is 24.6 Å². The van der Waals surface area contributed by atoms with Crippen molar-refractivity contribution >= 4 is 11.6 Å². The number of halogens is 1. The van der Waals surface area contributed by atoms with Crippen LogP contribution in [0.2, 0.25) is 0 Å². The molecule has 1 aliphatic carbocycles. The van der Waals surface area contributed by atoms with Crippen LogP contribution in [0.25, 0.3) is 0 Å². The molecule has 1 rings (SSSR count).